The molecule has 82 valence electrons. The van der Waals surface area contributed by atoms with Crippen molar-refractivity contribution < 1.29 is 4.42 Å². The Labute approximate surface area is 97.3 Å². The molecule has 17 heavy (non-hydrogen) atoms. The number of fused-ring (bicyclic) bond motifs is 5. The van der Waals surface area contributed by atoms with Gasteiger partial charge in [0.15, 0.2) is 5.58 Å². The highest BCUT2D eigenvalue weighted by molar-refractivity contribution is 5.89. The molecule has 3 nitrogen and oxygen atoms in total. The number of hydrogen-bond donors (Lipinski definition) is 0. The Balaban J connectivity index is 2.36. The summed E-state index contributed by atoms with van der Waals surface area (Å²) in [7, 11) is 0. The van der Waals surface area contributed by atoms with Crippen LogP contribution in [0.1, 0.15) is 5.56 Å². The van der Waals surface area contributed by atoms with Crippen LogP contribution in [0.3, 0.4) is 0 Å². The Morgan fingerprint density at radius 3 is 2.76 bits per heavy atom. The standard InChI is InChI=1S/C14H10N2O/c1-9-5-4-7-11-13(9)15-14-16(11)10-6-2-3-8-12(10)17-14/h2-8H,1H3. The van der Waals surface area contributed by atoms with Crippen molar-refractivity contribution in [2.45, 2.75) is 6.92 Å². The first-order chi connectivity index (χ1) is 8.34. The largest absolute Gasteiger partial charge is 0.423 e. The highest BCUT2D eigenvalue weighted by Gasteiger charge is 2.12. The maximum absolute atomic E-state index is 5.74. The number of oxazole rings is 1. The SMILES string of the molecule is Cc1cccc2c1nc1oc3ccccc3n12. The molecule has 0 aliphatic carbocycles. The van der Waals surface area contributed by atoms with E-state index in [1.807, 2.05) is 24.3 Å². The van der Waals surface area contributed by atoms with E-state index in [0.29, 0.717) is 5.84 Å². The number of aromatic nitrogens is 2. The maximum Gasteiger partial charge on any atom is 0.307 e. The second kappa shape index (κ2) is 2.88. The van der Waals surface area contributed by atoms with E-state index in [0.717, 1.165) is 22.1 Å². The summed E-state index contributed by atoms with van der Waals surface area (Å²) in [4.78, 5) is 4.55. The molecule has 0 saturated heterocycles. The summed E-state index contributed by atoms with van der Waals surface area (Å²) < 4.78 is 7.81. The van der Waals surface area contributed by atoms with Crippen molar-refractivity contribution in [3.8, 4) is 0 Å². The molecule has 0 amide bonds. The van der Waals surface area contributed by atoms with E-state index >= 15 is 0 Å². The van der Waals surface area contributed by atoms with Crippen LogP contribution in [-0.4, -0.2) is 9.38 Å². The third-order valence-corrected chi connectivity index (χ3v) is 3.16. The molecular formula is C14H10N2O. The smallest absolute Gasteiger partial charge is 0.307 e. The van der Waals surface area contributed by atoms with Gasteiger partial charge in [-0.1, -0.05) is 24.3 Å². The molecule has 2 aromatic heterocycles. The number of benzene rings is 2. The minimum absolute atomic E-state index is 0.663. The van der Waals surface area contributed by atoms with Gasteiger partial charge in [0.25, 0.3) is 0 Å². The molecule has 4 rings (SSSR count). The second-order valence-corrected chi connectivity index (χ2v) is 4.24. The van der Waals surface area contributed by atoms with Gasteiger partial charge < -0.3 is 4.42 Å². The molecular weight excluding hydrogens is 212 g/mol. The minimum atomic E-state index is 0.663. The topological polar surface area (TPSA) is 30.4 Å². The van der Waals surface area contributed by atoms with Crippen molar-refractivity contribution in [3.63, 3.8) is 0 Å². The van der Waals surface area contributed by atoms with E-state index in [9.17, 15) is 0 Å². The highest BCUT2D eigenvalue weighted by atomic mass is 16.4. The monoisotopic (exact) mass is 222 g/mol. The average Bonchev–Trinajstić information content (AvgIpc) is 2.85. The number of para-hydroxylation sites is 3. The van der Waals surface area contributed by atoms with Crippen LogP contribution in [0.4, 0.5) is 0 Å². The number of nitrogens with zero attached hydrogens (tertiary/aromatic N) is 2. The molecule has 0 spiro atoms. The normalized spacial score (nSPS) is 11.8. The molecule has 0 unspecified atom stereocenters. The lowest BCUT2D eigenvalue weighted by atomic mass is 10.2. The van der Waals surface area contributed by atoms with Gasteiger partial charge in [0.1, 0.15) is 0 Å². The zero-order valence-corrected chi connectivity index (χ0v) is 9.34. The third kappa shape index (κ3) is 1.03. The number of hydrogen-bond acceptors (Lipinski definition) is 2. The summed E-state index contributed by atoms with van der Waals surface area (Å²) in [5.41, 5.74) is 5.22. The van der Waals surface area contributed by atoms with Crippen LogP contribution < -0.4 is 0 Å². The van der Waals surface area contributed by atoms with Gasteiger partial charge in [-0.2, -0.15) is 4.98 Å². The van der Waals surface area contributed by atoms with Crippen LogP contribution in [0, 0.1) is 6.92 Å². The molecule has 3 heteroatoms. The van der Waals surface area contributed by atoms with E-state index in [4.69, 9.17) is 4.42 Å². The van der Waals surface area contributed by atoms with E-state index in [1.54, 1.807) is 0 Å². The van der Waals surface area contributed by atoms with Gasteiger partial charge in [-0.3, -0.25) is 4.40 Å². The van der Waals surface area contributed by atoms with Crippen LogP contribution in [0.5, 0.6) is 0 Å². The lowest BCUT2D eigenvalue weighted by Gasteiger charge is -1.94. The van der Waals surface area contributed by atoms with Crippen LogP contribution in [0.2, 0.25) is 0 Å². The molecule has 0 bridgehead atoms. The van der Waals surface area contributed by atoms with Crippen molar-refractivity contribution in [1.82, 2.24) is 9.38 Å². The van der Waals surface area contributed by atoms with Gasteiger partial charge in [0.05, 0.1) is 16.6 Å². The molecule has 0 atom stereocenters. The van der Waals surface area contributed by atoms with Crippen LogP contribution in [0.25, 0.3) is 28.0 Å². The summed E-state index contributed by atoms with van der Waals surface area (Å²) >= 11 is 0. The van der Waals surface area contributed by atoms with Gasteiger partial charge >= 0.3 is 5.84 Å². The summed E-state index contributed by atoms with van der Waals surface area (Å²) in [5, 5.41) is 0. The predicted molar refractivity (Wildman–Crippen MR) is 67.2 cm³/mol. The molecule has 4 aromatic rings. The second-order valence-electron chi connectivity index (χ2n) is 4.24. The molecule has 0 radical (unpaired) electrons. The van der Waals surface area contributed by atoms with Gasteiger partial charge in [-0.25, -0.2) is 0 Å². The van der Waals surface area contributed by atoms with Gasteiger partial charge in [-0.05, 0) is 30.7 Å². The number of imidazole rings is 1. The van der Waals surface area contributed by atoms with Gasteiger partial charge in [0.2, 0.25) is 0 Å². The van der Waals surface area contributed by atoms with Gasteiger partial charge in [-0.15, -0.1) is 0 Å². The number of rotatable bonds is 0. The van der Waals surface area contributed by atoms with Crippen molar-refractivity contribution in [3.05, 3.63) is 48.0 Å². The fraction of sp³-hybridized carbons (Fsp3) is 0.0714. The zero-order valence-electron chi connectivity index (χ0n) is 9.34. The summed E-state index contributed by atoms with van der Waals surface area (Å²) in [5.74, 6) is 0.663. The molecule has 0 saturated carbocycles. The Morgan fingerprint density at radius 2 is 1.82 bits per heavy atom. The van der Waals surface area contributed by atoms with Crippen molar-refractivity contribution in [2.75, 3.05) is 0 Å². The third-order valence-electron chi connectivity index (χ3n) is 3.16. The molecule has 0 N–H and O–H groups in total. The van der Waals surface area contributed by atoms with E-state index in [2.05, 4.69) is 34.5 Å². The summed E-state index contributed by atoms with van der Waals surface area (Å²) in [6.45, 7) is 2.07. The Bertz CT molecular complexity index is 854. The fourth-order valence-electron chi connectivity index (χ4n) is 2.35. The van der Waals surface area contributed by atoms with Crippen LogP contribution in [-0.2, 0) is 0 Å². The molecule has 0 aliphatic rings. The predicted octanol–water partition coefficient (Wildman–Crippen LogP) is 3.54. The lowest BCUT2D eigenvalue weighted by Crippen LogP contribution is -1.80. The van der Waals surface area contributed by atoms with Crippen molar-refractivity contribution in [2.24, 2.45) is 0 Å². The lowest BCUT2D eigenvalue weighted by molar-refractivity contribution is 0.643. The van der Waals surface area contributed by atoms with Crippen LogP contribution in [0.15, 0.2) is 46.9 Å². The highest BCUT2D eigenvalue weighted by Crippen LogP contribution is 2.26. The van der Waals surface area contributed by atoms with Crippen LogP contribution >= 0.6 is 0 Å². The molecule has 0 fully saturated rings. The Morgan fingerprint density at radius 1 is 1.00 bits per heavy atom. The first-order valence-electron chi connectivity index (χ1n) is 5.60. The molecule has 2 heterocycles. The first-order valence-corrected chi connectivity index (χ1v) is 5.60. The quantitative estimate of drug-likeness (QED) is 0.455. The summed E-state index contributed by atoms with van der Waals surface area (Å²) in [6.07, 6.45) is 0. The first kappa shape index (κ1) is 8.82. The van der Waals surface area contributed by atoms with Crippen molar-refractivity contribution in [1.29, 1.82) is 0 Å². The molecule has 2 aromatic carbocycles. The molecule has 0 aliphatic heterocycles. The number of aryl methyl sites for hydroxylation is 1. The van der Waals surface area contributed by atoms with Gasteiger partial charge in [0, 0.05) is 0 Å². The summed E-state index contributed by atoms with van der Waals surface area (Å²) in [6, 6.07) is 14.2. The Kier molecular flexibility index (Phi) is 1.50. The van der Waals surface area contributed by atoms with E-state index < -0.39 is 0 Å². The zero-order chi connectivity index (χ0) is 11.4. The van der Waals surface area contributed by atoms with Crippen molar-refractivity contribution >= 4 is 28.0 Å². The fourth-order valence-corrected chi connectivity index (χ4v) is 2.35. The van der Waals surface area contributed by atoms with E-state index in [1.165, 1.54) is 5.56 Å². The minimum Gasteiger partial charge on any atom is -0.423 e. The average molecular weight is 222 g/mol. The van der Waals surface area contributed by atoms with E-state index in [-0.39, 0.29) is 0 Å². The maximum atomic E-state index is 5.74. The Hall–Kier alpha value is -2.29.